The van der Waals surface area contributed by atoms with Crippen LogP contribution in [0, 0.1) is 13.8 Å². The second-order valence-corrected chi connectivity index (χ2v) is 6.98. The number of aryl methyl sites for hydroxylation is 2. The van der Waals surface area contributed by atoms with Crippen LogP contribution in [-0.2, 0) is 16.0 Å². The number of nitrogens with one attached hydrogen (secondary N) is 1. The van der Waals surface area contributed by atoms with Gasteiger partial charge in [0.1, 0.15) is 6.33 Å². The molecule has 8 nitrogen and oxygen atoms in total. The summed E-state index contributed by atoms with van der Waals surface area (Å²) in [5, 5.41) is 7.11. The van der Waals surface area contributed by atoms with Crippen LogP contribution < -0.4 is 10.2 Å². The summed E-state index contributed by atoms with van der Waals surface area (Å²) >= 11 is 0. The van der Waals surface area contributed by atoms with E-state index >= 15 is 0 Å². The summed E-state index contributed by atoms with van der Waals surface area (Å²) in [5.41, 5.74) is 4.33. The zero-order chi connectivity index (χ0) is 19.7. The first-order chi connectivity index (χ1) is 13.5. The first kappa shape index (κ1) is 18.1. The third-order valence-corrected chi connectivity index (χ3v) is 5.11. The fraction of sp³-hybridized carbons (Fsp3) is 0.350. The number of rotatable bonds is 5. The first-order valence-corrected chi connectivity index (χ1v) is 9.39. The molecule has 0 spiro atoms. The fourth-order valence-corrected chi connectivity index (χ4v) is 3.65. The van der Waals surface area contributed by atoms with E-state index in [1.165, 1.54) is 6.33 Å². The summed E-state index contributed by atoms with van der Waals surface area (Å²) in [6, 6.07) is 7.43. The average molecular weight is 378 g/mol. The van der Waals surface area contributed by atoms with Crippen molar-refractivity contribution < 1.29 is 9.59 Å². The third-order valence-electron chi connectivity index (χ3n) is 5.11. The Labute approximate surface area is 162 Å². The summed E-state index contributed by atoms with van der Waals surface area (Å²) in [7, 11) is 0. The van der Waals surface area contributed by atoms with Crippen LogP contribution in [0.1, 0.15) is 36.2 Å². The zero-order valence-electron chi connectivity index (χ0n) is 16.0. The van der Waals surface area contributed by atoms with E-state index in [1.54, 1.807) is 9.42 Å². The summed E-state index contributed by atoms with van der Waals surface area (Å²) in [5.74, 6) is 0.615. The Morgan fingerprint density at radius 1 is 1.29 bits per heavy atom. The van der Waals surface area contributed by atoms with Gasteiger partial charge in [-0.15, -0.1) is 0 Å². The molecule has 1 saturated heterocycles. The highest BCUT2D eigenvalue weighted by Gasteiger charge is 2.21. The molecule has 0 atom stereocenters. The van der Waals surface area contributed by atoms with Gasteiger partial charge in [0.25, 0.3) is 5.78 Å². The van der Waals surface area contributed by atoms with Crippen molar-refractivity contribution in [1.82, 2.24) is 19.6 Å². The Hall–Kier alpha value is -3.29. The largest absolute Gasteiger partial charge is 0.326 e. The van der Waals surface area contributed by atoms with Crippen LogP contribution in [0.5, 0.6) is 0 Å². The van der Waals surface area contributed by atoms with Crippen LogP contribution in [0.25, 0.3) is 5.78 Å². The molecule has 0 unspecified atom stereocenters. The molecule has 1 aliphatic heterocycles. The molecule has 1 fully saturated rings. The van der Waals surface area contributed by atoms with E-state index in [4.69, 9.17) is 0 Å². The van der Waals surface area contributed by atoms with Crippen LogP contribution in [-0.4, -0.2) is 37.9 Å². The van der Waals surface area contributed by atoms with Crippen molar-refractivity contribution in [2.45, 2.75) is 39.5 Å². The highest BCUT2D eigenvalue weighted by Crippen LogP contribution is 2.24. The molecule has 0 saturated carbocycles. The third kappa shape index (κ3) is 3.45. The molecule has 1 aromatic carbocycles. The van der Waals surface area contributed by atoms with Crippen LogP contribution in [0.2, 0.25) is 0 Å². The predicted molar refractivity (Wildman–Crippen MR) is 105 cm³/mol. The van der Waals surface area contributed by atoms with Gasteiger partial charge in [0.2, 0.25) is 11.8 Å². The minimum Gasteiger partial charge on any atom is -0.326 e. The van der Waals surface area contributed by atoms with Crippen molar-refractivity contribution >= 4 is 29.0 Å². The van der Waals surface area contributed by atoms with Crippen molar-refractivity contribution in [2.75, 3.05) is 16.8 Å². The Morgan fingerprint density at radius 2 is 2.14 bits per heavy atom. The molecule has 3 aromatic rings. The Morgan fingerprint density at radius 3 is 2.93 bits per heavy atom. The van der Waals surface area contributed by atoms with Gasteiger partial charge in [0.15, 0.2) is 0 Å². The lowest BCUT2D eigenvalue weighted by Gasteiger charge is -2.17. The van der Waals surface area contributed by atoms with Gasteiger partial charge in [0, 0.05) is 42.1 Å². The Kier molecular flexibility index (Phi) is 4.77. The summed E-state index contributed by atoms with van der Waals surface area (Å²) in [6.07, 6.45) is 3.83. The molecule has 8 heteroatoms. The van der Waals surface area contributed by atoms with Gasteiger partial charge in [-0.25, -0.2) is 9.50 Å². The van der Waals surface area contributed by atoms with Crippen molar-refractivity contribution in [2.24, 2.45) is 0 Å². The van der Waals surface area contributed by atoms with E-state index < -0.39 is 0 Å². The second kappa shape index (κ2) is 7.38. The number of carbonyl (C=O) groups is 2. The molecular formula is C20H22N6O2. The summed E-state index contributed by atoms with van der Waals surface area (Å²) in [6.45, 7) is 4.61. The summed E-state index contributed by atoms with van der Waals surface area (Å²) in [4.78, 5) is 34.7. The second-order valence-electron chi connectivity index (χ2n) is 6.98. The maximum atomic E-state index is 12.5. The van der Waals surface area contributed by atoms with Crippen LogP contribution in [0.15, 0.2) is 30.6 Å². The number of hydrogen-bond acceptors (Lipinski definition) is 5. The minimum atomic E-state index is -0.0811. The van der Waals surface area contributed by atoms with Gasteiger partial charge in [-0.3, -0.25) is 9.59 Å². The molecule has 2 aromatic heterocycles. The maximum absolute atomic E-state index is 12.5. The van der Waals surface area contributed by atoms with Gasteiger partial charge >= 0.3 is 0 Å². The molecule has 28 heavy (non-hydrogen) atoms. The van der Waals surface area contributed by atoms with Crippen molar-refractivity contribution in [3.8, 4) is 0 Å². The number of benzene rings is 1. The lowest BCUT2D eigenvalue weighted by molar-refractivity contribution is -0.117. The lowest BCUT2D eigenvalue weighted by atomic mass is 10.1. The zero-order valence-corrected chi connectivity index (χ0v) is 16.0. The number of anilines is 2. The molecular weight excluding hydrogens is 356 g/mol. The van der Waals surface area contributed by atoms with Crippen LogP contribution >= 0.6 is 0 Å². The van der Waals surface area contributed by atoms with Gasteiger partial charge < -0.3 is 10.2 Å². The van der Waals surface area contributed by atoms with Crippen LogP contribution in [0.4, 0.5) is 11.4 Å². The molecule has 1 N–H and O–H groups in total. The molecule has 0 aliphatic carbocycles. The smallest absolute Gasteiger partial charge is 0.252 e. The van der Waals surface area contributed by atoms with Gasteiger partial charge in [-0.1, -0.05) is 6.07 Å². The Balaban J connectivity index is 1.43. The molecule has 2 amide bonds. The van der Waals surface area contributed by atoms with E-state index in [1.807, 2.05) is 38.1 Å². The molecule has 0 bridgehead atoms. The average Bonchev–Trinajstić information content (AvgIpc) is 3.30. The minimum absolute atomic E-state index is 0.0811. The maximum Gasteiger partial charge on any atom is 0.252 e. The standard InChI is InChI=1S/C20H22N6O2/c1-13-17(14(2)26-20(23-13)21-12-22-26)8-9-18(27)24-15-5-3-6-16(11-15)25-10-4-7-19(25)28/h3,5-6,11-12H,4,7-10H2,1-2H3,(H,24,27). The highest BCUT2D eigenvalue weighted by atomic mass is 16.2. The lowest BCUT2D eigenvalue weighted by Crippen LogP contribution is -2.23. The highest BCUT2D eigenvalue weighted by molar-refractivity contribution is 5.97. The molecule has 0 radical (unpaired) electrons. The number of aromatic nitrogens is 4. The quantitative estimate of drug-likeness (QED) is 0.736. The number of hydrogen-bond donors (Lipinski definition) is 1. The predicted octanol–water partition coefficient (Wildman–Crippen LogP) is 2.44. The Bertz CT molecular complexity index is 1060. The molecule has 3 heterocycles. The molecule has 4 rings (SSSR count). The van der Waals surface area contributed by atoms with E-state index in [2.05, 4.69) is 20.4 Å². The SMILES string of the molecule is Cc1nc2ncnn2c(C)c1CCC(=O)Nc1cccc(N2CCCC2=O)c1. The van der Waals surface area contributed by atoms with Gasteiger partial charge in [-0.05, 0) is 50.5 Å². The summed E-state index contributed by atoms with van der Waals surface area (Å²) < 4.78 is 1.69. The fourth-order valence-electron chi connectivity index (χ4n) is 3.65. The van der Waals surface area contributed by atoms with E-state index in [-0.39, 0.29) is 11.8 Å². The first-order valence-electron chi connectivity index (χ1n) is 9.39. The molecule has 1 aliphatic rings. The van der Waals surface area contributed by atoms with E-state index in [9.17, 15) is 9.59 Å². The van der Waals surface area contributed by atoms with Crippen molar-refractivity contribution in [1.29, 1.82) is 0 Å². The van der Waals surface area contributed by atoms with E-state index in [0.717, 1.165) is 35.6 Å². The normalized spacial score (nSPS) is 14.1. The topological polar surface area (TPSA) is 92.5 Å². The van der Waals surface area contributed by atoms with Gasteiger partial charge in [-0.2, -0.15) is 10.1 Å². The van der Waals surface area contributed by atoms with Gasteiger partial charge in [0.05, 0.1) is 0 Å². The number of fused-ring (bicyclic) bond motifs is 1. The molecule has 144 valence electrons. The number of carbonyl (C=O) groups excluding carboxylic acids is 2. The van der Waals surface area contributed by atoms with Crippen molar-refractivity contribution in [3.63, 3.8) is 0 Å². The van der Waals surface area contributed by atoms with Crippen LogP contribution in [0.3, 0.4) is 0 Å². The van der Waals surface area contributed by atoms with E-state index in [0.29, 0.717) is 30.7 Å². The number of nitrogens with zero attached hydrogens (tertiary/aromatic N) is 5. The van der Waals surface area contributed by atoms with Crippen molar-refractivity contribution in [3.05, 3.63) is 47.5 Å². The monoisotopic (exact) mass is 378 g/mol. The number of amides is 2.